The molecule has 2 fully saturated rings. The number of aromatic nitrogens is 5. The molecule has 0 saturated carbocycles. The second kappa shape index (κ2) is 7.88. The summed E-state index contributed by atoms with van der Waals surface area (Å²) in [4.78, 5) is 12.7. The number of hydrogen-bond donors (Lipinski definition) is 1. The van der Waals surface area contributed by atoms with E-state index in [4.69, 9.17) is 0 Å². The fraction of sp³-hybridized carbons (Fsp3) is 0.737. The van der Waals surface area contributed by atoms with Crippen molar-refractivity contribution in [3.63, 3.8) is 0 Å². The summed E-state index contributed by atoms with van der Waals surface area (Å²) in [5.74, 6) is 2.73. The second-order valence-electron chi connectivity index (χ2n) is 7.92. The van der Waals surface area contributed by atoms with Crippen LogP contribution in [-0.4, -0.2) is 60.7 Å². The summed E-state index contributed by atoms with van der Waals surface area (Å²) in [6.45, 7) is 8.53. The van der Waals surface area contributed by atoms with Crippen LogP contribution in [0.2, 0.25) is 0 Å². The molecule has 142 valence electrons. The first-order chi connectivity index (χ1) is 12.7. The quantitative estimate of drug-likeness (QED) is 0.889. The smallest absolute Gasteiger partial charge is 0.146 e. The van der Waals surface area contributed by atoms with Gasteiger partial charge in [-0.05, 0) is 52.2 Å². The minimum Gasteiger partial charge on any atom is -0.348 e. The van der Waals surface area contributed by atoms with Gasteiger partial charge in [0, 0.05) is 31.7 Å². The number of H-pyrrole nitrogens is 1. The molecule has 2 aliphatic rings. The maximum absolute atomic E-state index is 4.59. The van der Waals surface area contributed by atoms with Gasteiger partial charge in [-0.2, -0.15) is 0 Å². The van der Waals surface area contributed by atoms with E-state index in [1.165, 1.54) is 50.9 Å². The van der Waals surface area contributed by atoms with Crippen molar-refractivity contribution < 1.29 is 0 Å². The first kappa shape index (κ1) is 17.7. The van der Waals surface area contributed by atoms with Gasteiger partial charge in [0.2, 0.25) is 0 Å². The predicted molar refractivity (Wildman–Crippen MR) is 101 cm³/mol. The van der Waals surface area contributed by atoms with E-state index in [1.54, 1.807) is 6.33 Å². The molecule has 0 spiro atoms. The Hall–Kier alpha value is -1.73. The standard InChI is InChI=1S/C19H31N7/c1-15-17(21-14-20-15)12-26-10-6-7-16(11-26)19-23-22-18(24(19)2)13-25-8-4-3-5-9-25/h14,16H,3-13H2,1-2H3,(H,20,21)/t16-/m1/s1. The van der Waals surface area contributed by atoms with Crippen molar-refractivity contribution in [3.05, 3.63) is 29.4 Å². The van der Waals surface area contributed by atoms with Crippen molar-refractivity contribution in [1.29, 1.82) is 0 Å². The van der Waals surface area contributed by atoms with Crippen LogP contribution in [0.15, 0.2) is 6.33 Å². The van der Waals surface area contributed by atoms with Crippen LogP contribution in [0.1, 0.15) is 61.1 Å². The van der Waals surface area contributed by atoms with Crippen molar-refractivity contribution >= 4 is 0 Å². The molecule has 2 saturated heterocycles. The van der Waals surface area contributed by atoms with Gasteiger partial charge in [0.15, 0.2) is 0 Å². The summed E-state index contributed by atoms with van der Waals surface area (Å²) in [6, 6.07) is 0. The maximum Gasteiger partial charge on any atom is 0.146 e. The summed E-state index contributed by atoms with van der Waals surface area (Å²) in [5.41, 5.74) is 2.34. The molecule has 7 heteroatoms. The van der Waals surface area contributed by atoms with Crippen molar-refractivity contribution in [2.24, 2.45) is 7.05 Å². The fourth-order valence-electron chi connectivity index (χ4n) is 4.35. The molecule has 7 nitrogen and oxygen atoms in total. The highest BCUT2D eigenvalue weighted by Crippen LogP contribution is 2.27. The van der Waals surface area contributed by atoms with Crippen molar-refractivity contribution in [1.82, 2.24) is 34.5 Å². The minimum atomic E-state index is 0.468. The van der Waals surface area contributed by atoms with E-state index in [-0.39, 0.29) is 0 Å². The summed E-state index contributed by atoms with van der Waals surface area (Å²) in [5, 5.41) is 9.13. The van der Waals surface area contributed by atoms with Gasteiger partial charge in [0.25, 0.3) is 0 Å². The average molecular weight is 358 g/mol. The molecule has 1 atom stereocenters. The number of likely N-dealkylation sites (tertiary alicyclic amines) is 2. The molecule has 0 radical (unpaired) electrons. The topological polar surface area (TPSA) is 65.9 Å². The van der Waals surface area contributed by atoms with Crippen LogP contribution in [0, 0.1) is 6.92 Å². The number of piperidine rings is 2. The number of aromatic amines is 1. The third kappa shape index (κ3) is 3.83. The Morgan fingerprint density at radius 1 is 1.04 bits per heavy atom. The van der Waals surface area contributed by atoms with Gasteiger partial charge in [-0.3, -0.25) is 9.80 Å². The van der Waals surface area contributed by atoms with E-state index in [2.05, 4.69) is 48.5 Å². The number of rotatable bonds is 5. The monoisotopic (exact) mass is 357 g/mol. The third-order valence-corrected chi connectivity index (χ3v) is 5.99. The average Bonchev–Trinajstić information content (AvgIpc) is 3.22. The molecular formula is C19H31N7. The molecule has 4 rings (SSSR count). The highest BCUT2D eigenvalue weighted by molar-refractivity contribution is 5.10. The Morgan fingerprint density at radius 2 is 1.85 bits per heavy atom. The second-order valence-corrected chi connectivity index (χ2v) is 7.92. The minimum absolute atomic E-state index is 0.468. The highest BCUT2D eigenvalue weighted by atomic mass is 15.3. The molecular weight excluding hydrogens is 326 g/mol. The maximum atomic E-state index is 4.59. The molecule has 0 unspecified atom stereocenters. The Balaban J connectivity index is 1.41. The lowest BCUT2D eigenvalue weighted by Crippen LogP contribution is -2.35. The summed E-state index contributed by atoms with van der Waals surface area (Å²) < 4.78 is 2.25. The highest BCUT2D eigenvalue weighted by Gasteiger charge is 2.27. The Labute approximate surface area is 155 Å². The molecule has 0 aromatic carbocycles. The van der Waals surface area contributed by atoms with Gasteiger partial charge < -0.3 is 9.55 Å². The first-order valence-corrected chi connectivity index (χ1v) is 10.0. The Bertz CT molecular complexity index is 713. The zero-order chi connectivity index (χ0) is 17.9. The molecule has 4 heterocycles. The SMILES string of the molecule is Cc1[nH]cnc1CN1CCC[C@@H](c2nnc(CN3CCCCC3)n2C)C1. The molecule has 0 bridgehead atoms. The Kier molecular flexibility index (Phi) is 5.36. The number of imidazole rings is 1. The van der Waals surface area contributed by atoms with Gasteiger partial charge in [0.1, 0.15) is 11.6 Å². The van der Waals surface area contributed by atoms with Crippen LogP contribution in [0.5, 0.6) is 0 Å². The van der Waals surface area contributed by atoms with Crippen LogP contribution in [-0.2, 0) is 20.1 Å². The largest absolute Gasteiger partial charge is 0.348 e. The van der Waals surface area contributed by atoms with E-state index in [0.717, 1.165) is 43.5 Å². The van der Waals surface area contributed by atoms with Gasteiger partial charge in [-0.15, -0.1) is 10.2 Å². The lowest BCUT2D eigenvalue weighted by Gasteiger charge is -2.32. The van der Waals surface area contributed by atoms with Gasteiger partial charge in [-0.25, -0.2) is 4.98 Å². The van der Waals surface area contributed by atoms with E-state index in [1.807, 2.05) is 0 Å². The number of nitrogens with one attached hydrogen (secondary N) is 1. The van der Waals surface area contributed by atoms with Crippen LogP contribution < -0.4 is 0 Å². The van der Waals surface area contributed by atoms with Crippen molar-refractivity contribution in [3.8, 4) is 0 Å². The van der Waals surface area contributed by atoms with E-state index >= 15 is 0 Å². The molecule has 26 heavy (non-hydrogen) atoms. The lowest BCUT2D eigenvalue weighted by atomic mass is 9.97. The molecule has 0 amide bonds. The molecule has 0 aliphatic carbocycles. The zero-order valence-corrected chi connectivity index (χ0v) is 16.1. The van der Waals surface area contributed by atoms with Crippen LogP contribution in [0.4, 0.5) is 0 Å². The molecule has 2 aromatic heterocycles. The number of aryl methyl sites for hydroxylation is 1. The van der Waals surface area contributed by atoms with Gasteiger partial charge in [-0.1, -0.05) is 6.42 Å². The van der Waals surface area contributed by atoms with E-state index in [0.29, 0.717) is 5.92 Å². The van der Waals surface area contributed by atoms with Crippen molar-refractivity contribution in [2.45, 2.75) is 58.0 Å². The lowest BCUT2D eigenvalue weighted by molar-refractivity contribution is 0.192. The summed E-state index contributed by atoms with van der Waals surface area (Å²) in [6.07, 6.45) is 8.20. The van der Waals surface area contributed by atoms with Crippen molar-refractivity contribution in [2.75, 3.05) is 26.2 Å². The molecule has 1 N–H and O–H groups in total. The Morgan fingerprint density at radius 3 is 2.62 bits per heavy atom. The third-order valence-electron chi connectivity index (χ3n) is 5.99. The van der Waals surface area contributed by atoms with Gasteiger partial charge in [0.05, 0.1) is 18.6 Å². The number of hydrogen-bond acceptors (Lipinski definition) is 5. The van der Waals surface area contributed by atoms with E-state index in [9.17, 15) is 0 Å². The van der Waals surface area contributed by atoms with Crippen LogP contribution in [0.25, 0.3) is 0 Å². The van der Waals surface area contributed by atoms with E-state index < -0.39 is 0 Å². The first-order valence-electron chi connectivity index (χ1n) is 10.0. The number of nitrogens with zero attached hydrogens (tertiary/aromatic N) is 6. The zero-order valence-electron chi connectivity index (χ0n) is 16.1. The fourth-order valence-corrected chi connectivity index (χ4v) is 4.35. The summed E-state index contributed by atoms with van der Waals surface area (Å²) >= 11 is 0. The van der Waals surface area contributed by atoms with Crippen LogP contribution in [0.3, 0.4) is 0 Å². The predicted octanol–water partition coefficient (Wildman–Crippen LogP) is 2.21. The normalized spacial score (nSPS) is 22.8. The van der Waals surface area contributed by atoms with Crippen LogP contribution >= 0.6 is 0 Å². The van der Waals surface area contributed by atoms with Gasteiger partial charge >= 0.3 is 0 Å². The summed E-state index contributed by atoms with van der Waals surface area (Å²) in [7, 11) is 2.14. The molecule has 2 aromatic rings. The molecule has 2 aliphatic heterocycles.